The molecule has 2 fully saturated rings. The smallest absolute Gasteiger partial charge is 0.260 e. The van der Waals surface area contributed by atoms with Crippen molar-refractivity contribution in [3.63, 3.8) is 0 Å². The summed E-state index contributed by atoms with van der Waals surface area (Å²) in [5.74, 6) is -1.37. The summed E-state index contributed by atoms with van der Waals surface area (Å²) in [7, 11) is 0. The van der Waals surface area contributed by atoms with E-state index >= 15 is 0 Å². The molecule has 1 saturated heterocycles. The number of benzene rings is 1. The Morgan fingerprint density at radius 3 is 2.66 bits per heavy atom. The SMILES string of the molecule is Cc1cnc2c(-c3ccc(F)cc3F)cc(N3CC(C)OC(c4cnn(C5CC5)c4)C3)cn2c1=O. The summed E-state index contributed by atoms with van der Waals surface area (Å²) < 4.78 is 38.2. The maximum atomic E-state index is 14.8. The van der Waals surface area contributed by atoms with E-state index in [0.717, 1.165) is 30.2 Å². The van der Waals surface area contributed by atoms with Crippen LogP contribution in [0.15, 0.2) is 53.8 Å². The van der Waals surface area contributed by atoms with Crippen molar-refractivity contribution in [2.45, 2.75) is 44.9 Å². The molecule has 1 aliphatic carbocycles. The van der Waals surface area contributed by atoms with Gasteiger partial charge in [-0.3, -0.25) is 13.9 Å². The molecular formula is C26H25F2N5O2. The number of anilines is 1. The van der Waals surface area contributed by atoms with E-state index in [9.17, 15) is 13.6 Å². The summed E-state index contributed by atoms with van der Waals surface area (Å²) in [4.78, 5) is 19.6. The third kappa shape index (κ3) is 3.99. The van der Waals surface area contributed by atoms with Crippen LogP contribution < -0.4 is 10.5 Å². The number of nitrogens with zero attached hydrogens (tertiary/aromatic N) is 5. The van der Waals surface area contributed by atoms with Crippen molar-refractivity contribution < 1.29 is 13.5 Å². The van der Waals surface area contributed by atoms with E-state index in [2.05, 4.69) is 21.2 Å². The predicted molar refractivity (Wildman–Crippen MR) is 128 cm³/mol. The minimum Gasteiger partial charge on any atom is -0.367 e. The molecule has 3 aromatic heterocycles. The van der Waals surface area contributed by atoms with Crippen LogP contribution >= 0.6 is 0 Å². The zero-order chi connectivity index (χ0) is 24.3. The Balaban J connectivity index is 1.45. The van der Waals surface area contributed by atoms with Crippen molar-refractivity contribution in [2.75, 3.05) is 18.0 Å². The van der Waals surface area contributed by atoms with Gasteiger partial charge in [-0.15, -0.1) is 0 Å². The quantitative estimate of drug-likeness (QED) is 0.435. The van der Waals surface area contributed by atoms with E-state index in [1.807, 2.05) is 23.9 Å². The van der Waals surface area contributed by atoms with E-state index in [0.29, 0.717) is 35.9 Å². The van der Waals surface area contributed by atoms with E-state index < -0.39 is 11.6 Å². The Labute approximate surface area is 200 Å². The molecule has 4 aromatic rings. The van der Waals surface area contributed by atoms with Gasteiger partial charge in [0.15, 0.2) is 0 Å². The van der Waals surface area contributed by atoms with E-state index in [4.69, 9.17) is 4.74 Å². The number of hydrogen-bond acceptors (Lipinski definition) is 5. The van der Waals surface area contributed by atoms with Gasteiger partial charge in [0.05, 0.1) is 24.0 Å². The highest BCUT2D eigenvalue weighted by Crippen LogP contribution is 2.37. The Morgan fingerprint density at radius 2 is 1.89 bits per heavy atom. The van der Waals surface area contributed by atoms with Crippen LogP contribution in [-0.2, 0) is 4.74 Å². The van der Waals surface area contributed by atoms with Crippen molar-refractivity contribution in [1.29, 1.82) is 0 Å². The zero-order valence-corrected chi connectivity index (χ0v) is 19.5. The van der Waals surface area contributed by atoms with Crippen LogP contribution in [0.25, 0.3) is 16.8 Å². The molecule has 0 radical (unpaired) electrons. The van der Waals surface area contributed by atoms with Gasteiger partial charge in [0.1, 0.15) is 23.4 Å². The van der Waals surface area contributed by atoms with Crippen LogP contribution in [0, 0.1) is 18.6 Å². The summed E-state index contributed by atoms with van der Waals surface area (Å²) in [6.07, 6.45) is 9.16. The van der Waals surface area contributed by atoms with Gasteiger partial charge in [-0.1, -0.05) is 0 Å². The first kappa shape index (κ1) is 21.9. The normalized spacial score (nSPS) is 20.5. The van der Waals surface area contributed by atoms with Crippen molar-refractivity contribution in [3.05, 3.63) is 82.2 Å². The molecule has 9 heteroatoms. The highest BCUT2D eigenvalue weighted by Gasteiger charge is 2.30. The number of ether oxygens (including phenoxy) is 1. The molecule has 6 rings (SSSR count). The molecule has 0 bridgehead atoms. The molecule has 180 valence electrons. The first-order valence-electron chi connectivity index (χ1n) is 11.8. The second-order valence-electron chi connectivity index (χ2n) is 9.50. The minimum atomic E-state index is -0.709. The fraction of sp³-hybridized carbons (Fsp3) is 0.346. The summed E-state index contributed by atoms with van der Waals surface area (Å²) in [6, 6.07) is 5.73. The topological polar surface area (TPSA) is 64.7 Å². The van der Waals surface area contributed by atoms with Gasteiger partial charge in [0.25, 0.3) is 5.56 Å². The number of morpholine rings is 1. The lowest BCUT2D eigenvalue weighted by Gasteiger charge is -2.38. The van der Waals surface area contributed by atoms with Crippen LogP contribution in [0.4, 0.5) is 14.5 Å². The maximum absolute atomic E-state index is 14.8. The molecule has 4 heterocycles. The summed E-state index contributed by atoms with van der Waals surface area (Å²) in [5.41, 5.74) is 2.92. The molecule has 2 atom stereocenters. The number of rotatable bonds is 4. The van der Waals surface area contributed by atoms with Gasteiger partial charge in [0, 0.05) is 60.0 Å². The van der Waals surface area contributed by atoms with E-state index in [-0.39, 0.29) is 23.3 Å². The first-order chi connectivity index (χ1) is 16.9. The van der Waals surface area contributed by atoms with Crippen LogP contribution in [-0.4, -0.2) is 38.4 Å². The second-order valence-corrected chi connectivity index (χ2v) is 9.50. The molecule has 2 unspecified atom stereocenters. The largest absolute Gasteiger partial charge is 0.367 e. The Kier molecular flexibility index (Phi) is 5.17. The number of hydrogen-bond donors (Lipinski definition) is 0. The lowest BCUT2D eigenvalue weighted by atomic mass is 10.0. The predicted octanol–water partition coefficient (Wildman–Crippen LogP) is 4.45. The molecule has 7 nitrogen and oxygen atoms in total. The lowest BCUT2D eigenvalue weighted by Crippen LogP contribution is -2.43. The number of fused-ring (bicyclic) bond motifs is 1. The Hall–Kier alpha value is -3.59. The third-order valence-corrected chi connectivity index (χ3v) is 6.72. The fourth-order valence-electron chi connectivity index (χ4n) is 4.75. The van der Waals surface area contributed by atoms with Gasteiger partial charge >= 0.3 is 0 Å². The second kappa shape index (κ2) is 8.27. The minimum absolute atomic E-state index is 0.0768. The molecule has 0 spiro atoms. The van der Waals surface area contributed by atoms with Gasteiger partial charge in [-0.25, -0.2) is 13.8 Å². The molecule has 35 heavy (non-hydrogen) atoms. The number of halogens is 2. The van der Waals surface area contributed by atoms with Gasteiger partial charge in [-0.2, -0.15) is 5.10 Å². The molecule has 2 aliphatic rings. The number of aromatic nitrogens is 4. The van der Waals surface area contributed by atoms with Gasteiger partial charge < -0.3 is 9.64 Å². The Bertz CT molecular complexity index is 1490. The standard InChI is InChI=1S/C26H25F2N5O2/c1-15-9-29-25-22(21-6-3-18(27)7-23(21)28)8-20(13-32(25)26(15)34)31-11-16(2)35-24(14-31)17-10-30-33(12-17)19-4-5-19/h3,6-10,12-13,16,19,24H,4-5,11,14H2,1-2H3. The number of pyridine rings is 1. The van der Waals surface area contributed by atoms with Crippen molar-refractivity contribution in [1.82, 2.24) is 19.2 Å². The highest BCUT2D eigenvalue weighted by atomic mass is 19.1. The summed E-state index contributed by atoms with van der Waals surface area (Å²) in [6.45, 7) is 4.84. The molecule has 1 aliphatic heterocycles. The van der Waals surface area contributed by atoms with Crippen LogP contribution in [0.1, 0.15) is 43.0 Å². The zero-order valence-electron chi connectivity index (χ0n) is 19.5. The highest BCUT2D eigenvalue weighted by molar-refractivity contribution is 5.81. The molecular weight excluding hydrogens is 452 g/mol. The number of aryl methyl sites for hydroxylation is 1. The van der Waals surface area contributed by atoms with E-state index in [1.165, 1.54) is 22.7 Å². The fourth-order valence-corrected chi connectivity index (χ4v) is 4.75. The lowest BCUT2D eigenvalue weighted by molar-refractivity contribution is -0.0174. The van der Waals surface area contributed by atoms with E-state index in [1.54, 1.807) is 13.1 Å². The molecule has 1 saturated carbocycles. The van der Waals surface area contributed by atoms with Crippen LogP contribution in [0.3, 0.4) is 0 Å². The van der Waals surface area contributed by atoms with Gasteiger partial charge in [-0.05, 0) is 44.9 Å². The van der Waals surface area contributed by atoms with Gasteiger partial charge in [0.2, 0.25) is 0 Å². The molecule has 0 amide bonds. The average Bonchev–Trinajstić information content (AvgIpc) is 3.57. The summed E-state index contributed by atoms with van der Waals surface area (Å²) >= 11 is 0. The third-order valence-electron chi connectivity index (χ3n) is 6.72. The molecule has 1 aromatic carbocycles. The Morgan fingerprint density at radius 1 is 1.06 bits per heavy atom. The average molecular weight is 478 g/mol. The first-order valence-corrected chi connectivity index (χ1v) is 11.8. The van der Waals surface area contributed by atoms with Crippen molar-refractivity contribution in [3.8, 4) is 11.1 Å². The monoisotopic (exact) mass is 477 g/mol. The van der Waals surface area contributed by atoms with Crippen LogP contribution in [0.5, 0.6) is 0 Å². The van der Waals surface area contributed by atoms with Crippen molar-refractivity contribution in [2.24, 2.45) is 0 Å². The molecule has 0 N–H and O–H groups in total. The van der Waals surface area contributed by atoms with Crippen molar-refractivity contribution >= 4 is 11.3 Å². The van der Waals surface area contributed by atoms with Crippen LogP contribution in [0.2, 0.25) is 0 Å². The summed E-state index contributed by atoms with van der Waals surface area (Å²) in [5, 5.41) is 4.50. The maximum Gasteiger partial charge on any atom is 0.260 e.